The average molecular weight is 589 g/mol. The molecule has 4 aromatic carbocycles. The maximum absolute atomic E-state index is 6.52. The van der Waals surface area contributed by atoms with Crippen molar-refractivity contribution in [2.45, 2.75) is 102 Å². The molecule has 2 aliphatic rings. The summed E-state index contributed by atoms with van der Waals surface area (Å²) in [4.78, 5) is 0. The Balaban J connectivity index is 1.38. The van der Waals surface area contributed by atoms with E-state index >= 15 is 0 Å². The number of hydrogen-bond donors (Lipinski definition) is 2. The van der Waals surface area contributed by atoms with Gasteiger partial charge in [0.05, 0.1) is 0 Å². The van der Waals surface area contributed by atoms with Gasteiger partial charge in [-0.1, -0.05) is 76.6 Å². The topological polar surface area (TPSA) is 70.5 Å². The Morgan fingerprint density at radius 3 is 1.32 bits per heavy atom. The van der Waals surface area contributed by atoms with Crippen LogP contribution in [0, 0.1) is 0 Å². The molecule has 4 aromatic rings. The number of rotatable bonds is 9. The molecule has 4 N–H and O–H groups in total. The van der Waals surface area contributed by atoms with Crippen molar-refractivity contribution in [3.05, 3.63) is 107 Å². The highest BCUT2D eigenvalue weighted by Crippen LogP contribution is 2.46. The van der Waals surface area contributed by atoms with E-state index in [2.05, 4.69) is 50.2 Å². The molecule has 0 atom stereocenters. The zero-order valence-corrected chi connectivity index (χ0v) is 26.5. The van der Waals surface area contributed by atoms with Crippen molar-refractivity contribution in [3.63, 3.8) is 0 Å². The van der Waals surface area contributed by atoms with Crippen LogP contribution >= 0.6 is 0 Å². The van der Waals surface area contributed by atoms with E-state index in [0.29, 0.717) is 11.8 Å². The molecule has 44 heavy (non-hydrogen) atoms. The summed E-state index contributed by atoms with van der Waals surface area (Å²) in [6.07, 6.45) is 13.6. The average Bonchev–Trinajstić information content (AvgIpc) is 3.07. The van der Waals surface area contributed by atoms with Gasteiger partial charge >= 0.3 is 0 Å². The van der Waals surface area contributed by atoms with Crippen LogP contribution in [0.15, 0.2) is 84.9 Å². The van der Waals surface area contributed by atoms with E-state index in [1.807, 2.05) is 48.5 Å². The van der Waals surface area contributed by atoms with Crippen LogP contribution in [0.2, 0.25) is 0 Å². The lowest BCUT2D eigenvalue weighted by atomic mass is 9.71. The van der Waals surface area contributed by atoms with Crippen LogP contribution in [0.1, 0.15) is 119 Å². The molecule has 0 saturated heterocycles. The molecule has 0 aromatic heterocycles. The maximum atomic E-state index is 6.52. The third-order valence-electron chi connectivity index (χ3n) is 10.3. The van der Waals surface area contributed by atoms with E-state index in [0.717, 1.165) is 40.8 Å². The van der Waals surface area contributed by atoms with Gasteiger partial charge < -0.3 is 20.9 Å². The third-order valence-corrected chi connectivity index (χ3v) is 10.3. The van der Waals surface area contributed by atoms with Crippen LogP contribution in [0.5, 0.6) is 23.0 Å². The van der Waals surface area contributed by atoms with Gasteiger partial charge in [-0.2, -0.15) is 0 Å². The fourth-order valence-electron chi connectivity index (χ4n) is 7.34. The highest BCUT2D eigenvalue weighted by atomic mass is 16.5. The molecule has 0 bridgehead atoms. The van der Waals surface area contributed by atoms with Crippen molar-refractivity contribution >= 4 is 11.4 Å². The molecule has 0 amide bonds. The second kappa shape index (κ2) is 13.4. The first-order valence-corrected chi connectivity index (χ1v) is 16.8. The second-order valence-electron chi connectivity index (χ2n) is 13.2. The SMILES string of the molecule is CCC(C)(c1ccc(Oc2ccc(N)cc2)c(C2CCCCC2)c1)c1ccc(Oc2ccc(N)cc2)c(C2CCCCC2)c1. The van der Waals surface area contributed by atoms with Gasteiger partial charge in [0, 0.05) is 16.8 Å². The van der Waals surface area contributed by atoms with Crippen molar-refractivity contribution in [2.24, 2.45) is 0 Å². The first-order chi connectivity index (χ1) is 21.4. The number of benzene rings is 4. The molecule has 2 saturated carbocycles. The molecule has 4 nitrogen and oxygen atoms in total. The van der Waals surface area contributed by atoms with Gasteiger partial charge in [0.25, 0.3) is 0 Å². The van der Waals surface area contributed by atoms with E-state index < -0.39 is 0 Å². The third kappa shape index (κ3) is 6.60. The lowest BCUT2D eigenvalue weighted by Crippen LogP contribution is -2.24. The molecule has 2 fully saturated rings. The zero-order valence-electron chi connectivity index (χ0n) is 26.5. The number of anilines is 2. The van der Waals surface area contributed by atoms with Gasteiger partial charge in [0.2, 0.25) is 0 Å². The number of hydrogen-bond acceptors (Lipinski definition) is 4. The van der Waals surface area contributed by atoms with Crippen LogP contribution in [-0.4, -0.2) is 0 Å². The standard InChI is InChI=1S/C40H48N2O2/c1-3-40(2,30-14-24-38(43-34-20-16-32(41)17-21-34)36(26-30)28-10-6-4-7-11-28)31-15-25-39(44-35-22-18-33(42)19-23-35)37(27-31)29-12-8-5-9-13-29/h14-29H,3-13,41-42H2,1-2H3. The summed E-state index contributed by atoms with van der Waals surface area (Å²) in [5.41, 5.74) is 18.6. The summed E-state index contributed by atoms with van der Waals surface area (Å²) in [5, 5.41) is 0. The first-order valence-electron chi connectivity index (χ1n) is 16.8. The van der Waals surface area contributed by atoms with Gasteiger partial charge in [0.1, 0.15) is 23.0 Å². The highest BCUT2D eigenvalue weighted by Gasteiger charge is 2.31. The minimum Gasteiger partial charge on any atom is -0.457 e. The van der Waals surface area contributed by atoms with Crippen molar-refractivity contribution in [1.82, 2.24) is 0 Å². The van der Waals surface area contributed by atoms with Crippen LogP contribution in [0.3, 0.4) is 0 Å². The summed E-state index contributed by atoms with van der Waals surface area (Å²) in [5.74, 6) is 4.63. The Morgan fingerprint density at radius 2 is 0.955 bits per heavy atom. The molecule has 0 unspecified atom stereocenters. The summed E-state index contributed by atoms with van der Waals surface area (Å²) in [6.45, 7) is 4.73. The minimum atomic E-state index is -0.147. The van der Waals surface area contributed by atoms with Gasteiger partial charge in [-0.3, -0.25) is 0 Å². The molecule has 0 aliphatic heterocycles. The Kier molecular flexibility index (Phi) is 9.16. The summed E-state index contributed by atoms with van der Waals surface area (Å²) >= 11 is 0. The Labute approximate surface area is 263 Å². The van der Waals surface area contributed by atoms with E-state index in [1.165, 1.54) is 86.5 Å². The first kappa shape index (κ1) is 30.1. The summed E-state index contributed by atoms with van der Waals surface area (Å²) in [6, 6.07) is 29.4. The Morgan fingerprint density at radius 1 is 0.568 bits per heavy atom. The Hall–Kier alpha value is -3.92. The van der Waals surface area contributed by atoms with E-state index in [9.17, 15) is 0 Å². The lowest BCUT2D eigenvalue weighted by Gasteiger charge is -2.34. The summed E-state index contributed by atoms with van der Waals surface area (Å²) < 4.78 is 13.0. The zero-order chi connectivity index (χ0) is 30.5. The fraction of sp³-hybridized carbons (Fsp3) is 0.400. The second-order valence-corrected chi connectivity index (χ2v) is 13.2. The van der Waals surface area contributed by atoms with Gasteiger partial charge in [-0.05, 0) is 127 Å². The minimum absolute atomic E-state index is 0.147. The molecule has 6 rings (SSSR count). The van der Waals surface area contributed by atoms with Gasteiger partial charge in [0.15, 0.2) is 0 Å². The molecule has 230 valence electrons. The number of nitrogen functional groups attached to an aromatic ring is 2. The van der Waals surface area contributed by atoms with Crippen molar-refractivity contribution < 1.29 is 9.47 Å². The van der Waals surface area contributed by atoms with Crippen molar-refractivity contribution in [2.75, 3.05) is 11.5 Å². The van der Waals surface area contributed by atoms with Crippen molar-refractivity contribution in [1.29, 1.82) is 0 Å². The molecule has 0 spiro atoms. The molecule has 0 radical (unpaired) electrons. The largest absolute Gasteiger partial charge is 0.457 e. The van der Waals surface area contributed by atoms with Crippen LogP contribution in [-0.2, 0) is 5.41 Å². The normalized spacial score (nSPS) is 16.5. The van der Waals surface area contributed by atoms with Gasteiger partial charge in [-0.25, -0.2) is 0 Å². The summed E-state index contributed by atoms with van der Waals surface area (Å²) in [7, 11) is 0. The monoisotopic (exact) mass is 588 g/mol. The molecule has 2 aliphatic carbocycles. The predicted molar refractivity (Wildman–Crippen MR) is 183 cm³/mol. The van der Waals surface area contributed by atoms with E-state index in [-0.39, 0.29) is 5.41 Å². The van der Waals surface area contributed by atoms with Crippen LogP contribution in [0.4, 0.5) is 11.4 Å². The molecule has 4 heteroatoms. The van der Waals surface area contributed by atoms with Crippen LogP contribution < -0.4 is 20.9 Å². The predicted octanol–water partition coefficient (Wildman–Crippen LogP) is 11.2. The van der Waals surface area contributed by atoms with E-state index in [1.54, 1.807) is 0 Å². The van der Waals surface area contributed by atoms with Crippen LogP contribution in [0.25, 0.3) is 0 Å². The molecular formula is C40H48N2O2. The smallest absolute Gasteiger partial charge is 0.130 e. The quantitative estimate of drug-likeness (QED) is 0.191. The Bertz CT molecular complexity index is 1420. The number of ether oxygens (including phenoxy) is 2. The van der Waals surface area contributed by atoms with Crippen molar-refractivity contribution in [3.8, 4) is 23.0 Å². The number of nitrogens with two attached hydrogens (primary N) is 2. The fourth-order valence-corrected chi connectivity index (χ4v) is 7.34. The maximum Gasteiger partial charge on any atom is 0.130 e. The lowest BCUT2D eigenvalue weighted by molar-refractivity contribution is 0.416. The molecular weight excluding hydrogens is 540 g/mol. The van der Waals surface area contributed by atoms with Gasteiger partial charge in [-0.15, -0.1) is 0 Å². The van der Waals surface area contributed by atoms with E-state index in [4.69, 9.17) is 20.9 Å². The molecule has 0 heterocycles. The highest BCUT2D eigenvalue weighted by molar-refractivity contribution is 5.52.